The largest absolute Gasteiger partial charge is 0.383 e. The van der Waals surface area contributed by atoms with E-state index in [1.807, 2.05) is 0 Å². The molecular weight excluding hydrogens is 196 g/mol. The summed E-state index contributed by atoms with van der Waals surface area (Å²) < 4.78 is 5.10. The third kappa shape index (κ3) is 4.82. The van der Waals surface area contributed by atoms with Crippen LogP contribution in [0.5, 0.6) is 0 Å². The minimum absolute atomic E-state index is 0.289. The van der Waals surface area contributed by atoms with Gasteiger partial charge in [-0.3, -0.25) is 0 Å². The summed E-state index contributed by atoms with van der Waals surface area (Å²) >= 11 is 0. The van der Waals surface area contributed by atoms with E-state index in [2.05, 4.69) is 25.9 Å². The first kappa shape index (κ1) is 12.0. The number of ether oxygens (including phenoxy) is 1. The number of hydrogen-bond acceptors (Lipinski definition) is 6. The van der Waals surface area contributed by atoms with Crippen molar-refractivity contribution in [2.75, 3.05) is 20.3 Å². The van der Waals surface area contributed by atoms with Crippen LogP contribution in [-0.4, -0.2) is 46.9 Å². The molecule has 1 unspecified atom stereocenters. The molecule has 0 amide bonds. The third-order valence-electron chi connectivity index (χ3n) is 2.06. The summed E-state index contributed by atoms with van der Waals surface area (Å²) in [7, 11) is 1.69. The molecule has 1 heterocycles. The van der Waals surface area contributed by atoms with Crippen LogP contribution in [-0.2, 0) is 11.3 Å². The van der Waals surface area contributed by atoms with E-state index in [1.165, 1.54) is 0 Å². The topological polar surface area (TPSA) is 102 Å². The van der Waals surface area contributed by atoms with Gasteiger partial charge in [-0.05, 0) is 19.4 Å². The van der Waals surface area contributed by atoms with E-state index in [0.717, 1.165) is 12.8 Å². The fourth-order valence-corrected chi connectivity index (χ4v) is 1.30. The second-order valence-corrected chi connectivity index (χ2v) is 3.29. The highest BCUT2D eigenvalue weighted by Gasteiger charge is 2.08. The lowest BCUT2D eigenvalue weighted by molar-refractivity contribution is 0.160. The Morgan fingerprint density at radius 1 is 1.60 bits per heavy atom. The predicted octanol–water partition coefficient (Wildman–Crippen LogP) is -0.957. The highest BCUT2D eigenvalue weighted by Crippen LogP contribution is 1.98. The molecule has 1 rings (SSSR count). The average molecular weight is 214 g/mol. The molecule has 0 radical (unpaired) electrons. The second-order valence-electron chi connectivity index (χ2n) is 3.29. The number of rotatable bonds is 8. The smallest absolute Gasteiger partial charge is 0.188 e. The number of methoxy groups -OCH3 is 1. The molecule has 0 saturated carbocycles. The van der Waals surface area contributed by atoms with Gasteiger partial charge < -0.3 is 15.8 Å². The Labute approximate surface area is 88.8 Å². The predicted molar refractivity (Wildman–Crippen MR) is 55.0 cm³/mol. The van der Waals surface area contributed by atoms with Crippen LogP contribution >= 0.6 is 0 Å². The number of hydrogen-bond donors (Lipinski definition) is 3. The first-order valence-corrected chi connectivity index (χ1v) is 5.01. The fourth-order valence-electron chi connectivity index (χ4n) is 1.30. The van der Waals surface area contributed by atoms with Crippen LogP contribution in [0.2, 0.25) is 0 Å². The summed E-state index contributed by atoms with van der Waals surface area (Å²) in [4.78, 5) is 0. The molecule has 1 atom stereocenters. The molecule has 0 aliphatic rings. The van der Waals surface area contributed by atoms with Crippen molar-refractivity contribution in [3.8, 4) is 0 Å². The van der Waals surface area contributed by atoms with Crippen LogP contribution in [0.25, 0.3) is 0 Å². The molecule has 0 saturated heterocycles. The summed E-state index contributed by atoms with van der Waals surface area (Å²) in [5.74, 6) is 0.656. The lowest BCUT2D eigenvalue weighted by Crippen LogP contribution is -2.33. The van der Waals surface area contributed by atoms with E-state index in [1.54, 1.807) is 7.11 Å². The Morgan fingerprint density at radius 3 is 3.07 bits per heavy atom. The number of nitrogens with one attached hydrogen (secondary N) is 2. The zero-order chi connectivity index (χ0) is 10.9. The van der Waals surface area contributed by atoms with Gasteiger partial charge in [-0.15, -0.1) is 10.2 Å². The van der Waals surface area contributed by atoms with Crippen LogP contribution in [0.4, 0.5) is 0 Å². The van der Waals surface area contributed by atoms with Gasteiger partial charge >= 0.3 is 0 Å². The van der Waals surface area contributed by atoms with Crippen LogP contribution in [0.1, 0.15) is 18.7 Å². The van der Waals surface area contributed by atoms with E-state index in [9.17, 15) is 0 Å². The van der Waals surface area contributed by atoms with Gasteiger partial charge in [0.15, 0.2) is 5.82 Å². The van der Waals surface area contributed by atoms with Crippen LogP contribution in [0.15, 0.2) is 0 Å². The van der Waals surface area contributed by atoms with Crippen molar-refractivity contribution in [2.24, 2.45) is 5.73 Å². The number of H-pyrrole nitrogens is 1. The second kappa shape index (κ2) is 7.27. The van der Waals surface area contributed by atoms with Crippen molar-refractivity contribution >= 4 is 0 Å². The Bertz CT molecular complexity index is 239. The lowest BCUT2D eigenvalue weighted by Gasteiger charge is -2.16. The summed E-state index contributed by atoms with van der Waals surface area (Å²) in [5, 5.41) is 16.9. The average Bonchev–Trinajstić information content (AvgIpc) is 2.75. The third-order valence-corrected chi connectivity index (χ3v) is 2.06. The Balaban J connectivity index is 2.24. The molecule has 0 bridgehead atoms. The van der Waals surface area contributed by atoms with Crippen LogP contribution in [0.3, 0.4) is 0 Å². The van der Waals surface area contributed by atoms with E-state index >= 15 is 0 Å². The van der Waals surface area contributed by atoms with Gasteiger partial charge in [-0.25, -0.2) is 0 Å². The number of aromatic nitrogens is 4. The molecule has 0 fully saturated rings. The minimum atomic E-state index is 0.289. The molecule has 7 nitrogen and oxygen atoms in total. The van der Waals surface area contributed by atoms with Gasteiger partial charge in [0.1, 0.15) is 0 Å². The molecule has 4 N–H and O–H groups in total. The van der Waals surface area contributed by atoms with E-state index < -0.39 is 0 Å². The molecule has 15 heavy (non-hydrogen) atoms. The molecule has 86 valence electrons. The van der Waals surface area contributed by atoms with Gasteiger partial charge in [0.05, 0.1) is 13.2 Å². The molecular formula is C8H18N6O. The quantitative estimate of drug-likeness (QED) is 0.515. The molecule has 7 heteroatoms. The summed E-state index contributed by atoms with van der Waals surface area (Å²) in [6, 6.07) is 0.289. The first-order valence-electron chi connectivity index (χ1n) is 5.01. The van der Waals surface area contributed by atoms with Crippen molar-refractivity contribution in [1.29, 1.82) is 0 Å². The minimum Gasteiger partial charge on any atom is -0.383 e. The molecule has 0 spiro atoms. The lowest BCUT2D eigenvalue weighted by atomic mass is 10.1. The van der Waals surface area contributed by atoms with Crippen LogP contribution < -0.4 is 11.1 Å². The van der Waals surface area contributed by atoms with Gasteiger partial charge in [0.25, 0.3) is 0 Å². The molecule has 0 aromatic carbocycles. The highest BCUT2D eigenvalue weighted by molar-refractivity contribution is 4.77. The van der Waals surface area contributed by atoms with Gasteiger partial charge in [-0.2, -0.15) is 5.21 Å². The van der Waals surface area contributed by atoms with E-state index in [-0.39, 0.29) is 6.04 Å². The van der Waals surface area contributed by atoms with E-state index in [0.29, 0.717) is 25.5 Å². The maximum Gasteiger partial charge on any atom is 0.188 e. The normalized spacial score (nSPS) is 12.9. The maximum absolute atomic E-state index is 5.46. The Morgan fingerprint density at radius 2 is 2.47 bits per heavy atom. The first-order chi connectivity index (χ1) is 7.36. The summed E-state index contributed by atoms with van der Waals surface area (Å²) in [6.45, 7) is 1.96. The fraction of sp³-hybridized carbons (Fsp3) is 0.875. The Hall–Kier alpha value is -1.05. The van der Waals surface area contributed by atoms with Crippen LogP contribution in [0, 0.1) is 0 Å². The van der Waals surface area contributed by atoms with Gasteiger partial charge in [-0.1, -0.05) is 5.21 Å². The van der Waals surface area contributed by atoms with Crippen molar-refractivity contribution in [3.05, 3.63) is 5.82 Å². The standard InChI is InChI=1S/C8H18N6O/c1-15-6-7(3-2-4-9)10-5-8-11-13-14-12-8/h7,10H,2-6,9H2,1H3,(H,11,12,13,14). The van der Waals surface area contributed by atoms with Crippen molar-refractivity contribution in [2.45, 2.75) is 25.4 Å². The van der Waals surface area contributed by atoms with Gasteiger partial charge in [0, 0.05) is 13.2 Å². The Kier molecular flexibility index (Phi) is 5.83. The maximum atomic E-state index is 5.46. The zero-order valence-electron chi connectivity index (χ0n) is 8.94. The summed E-state index contributed by atoms with van der Waals surface area (Å²) in [5.41, 5.74) is 5.46. The van der Waals surface area contributed by atoms with Gasteiger partial charge in [0.2, 0.25) is 0 Å². The molecule has 0 aliphatic heterocycles. The summed E-state index contributed by atoms with van der Waals surface area (Å²) in [6.07, 6.45) is 1.97. The molecule has 1 aromatic heterocycles. The zero-order valence-corrected chi connectivity index (χ0v) is 8.94. The van der Waals surface area contributed by atoms with Crippen molar-refractivity contribution in [1.82, 2.24) is 25.9 Å². The van der Waals surface area contributed by atoms with Crippen molar-refractivity contribution < 1.29 is 4.74 Å². The molecule has 0 aliphatic carbocycles. The van der Waals surface area contributed by atoms with E-state index in [4.69, 9.17) is 10.5 Å². The SMILES string of the molecule is COCC(CCCN)NCc1nn[nH]n1. The van der Waals surface area contributed by atoms with Crippen molar-refractivity contribution in [3.63, 3.8) is 0 Å². The number of nitrogens with zero attached hydrogens (tertiary/aromatic N) is 3. The highest BCUT2D eigenvalue weighted by atomic mass is 16.5. The number of aromatic amines is 1. The number of nitrogens with two attached hydrogens (primary N) is 1. The number of tetrazole rings is 1. The molecule has 1 aromatic rings. The monoisotopic (exact) mass is 214 g/mol.